The van der Waals surface area contributed by atoms with Gasteiger partial charge in [-0.2, -0.15) is 0 Å². The first-order chi connectivity index (χ1) is 16.3. The first-order valence-electron chi connectivity index (χ1n) is 10.6. The van der Waals surface area contributed by atoms with E-state index in [1.165, 1.54) is 0 Å². The van der Waals surface area contributed by atoms with E-state index in [0.717, 1.165) is 33.6 Å². The fraction of sp³-hybridized carbons (Fsp3) is 0. The van der Waals surface area contributed by atoms with Crippen molar-refractivity contribution in [1.29, 1.82) is 0 Å². The Balaban J connectivity index is 1.58. The van der Waals surface area contributed by atoms with Crippen LogP contribution in [0.25, 0.3) is 55.6 Å². The van der Waals surface area contributed by atoms with E-state index in [1.807, 2.05) is 72.8 Å². The summed E-state index contributed by atoms with van der Waals surface area (Å²) in [4.78, 5) is 26.3. The molecule has 0 bridgehead atoms. The van der Waals surface area contributed by atoms with Gasteiger partial charge in [-0.3, -0.25) is 14.8 Å². The van der Waals surface area contributed by atoms with E-state index < -0.39 is 0 Å². The number of rotatable bonds is 3. The van der Waals surface area contributed by atoms with Crippen LogP contribution in [-0.2, 0) is 0 Å². The van der Waals surface area contributed by atoms with Gasteiger partial charge in [0.25, 0.3) is 0 Å². The van der Waals surface area contributed by atoms with Crippen LogP contribution in [0.3, 0.4) is 0 Å². The van der Waals surface area contributed by atoms with Crippen molar-refractivity contribution in [2.45, 2.75) is 0 Å². The molecule has 0 spiro atoms. The van der Waals surface area contributed by atoms with E-state index >= 15 is 0 Å². The molecule has 0 aliphatic rings. The van der Waals surface area contributed by atoms with Gasteiger partial charge in [0.2, 0.25) is 5.43 Å². The van der Waals surface area contributed by atoms with Crippen LogP contribution in [0, 0.1) is 0 Å². The predicted octanol–water partition coefficient (Wildman–Crippen LogP) is 6.13. The molecule has 0 saturated carbocycles. The highest BCUT2D eigenvalue weighted by atomic mass is 16.3. The van der Waals surface area contributed by atoms with Crippen molar-refractivity contribution in [2.24, 2.45) is 0 Å². The van der Waals surface area contributed by atoms with E-state index in [2.05, 4.69) is 9.97 Å². The molecular formula is C28H17N3O2. The second-order valence-corrected chi connectivity index (χ2v) is 7.75. The maximum atomic E-state index is 12.9. The topological polar surface area (TPSA) is 68.9 Å². The summed E-state index contributed by atoms with van der Waals surface area (Å²) in [6, 6.07) is 24.8. The van der Waals surface area contributed by atoms with Gasteiger partial charge in [0.15, 0.2) is 0 Å². The van der Waals surface area contributed by atoms with E-state index in [9.17, 15) is 4.79 Å². The van der Waals surface area contributed by atoms with Gasteiger partial charge in [0, 0.05) is 35.9 Å². The van der Waals surface area contributed by atoms with Crippen molar-refractivity contribution in [2.75, 3.05) is 0 Å². The Hall–Kier alpha value is -4.64. The molecule has 0 aliphatic carbocycles. The molecule has 0 radical (unpaired) electrons. The number of pyridine rings is 3. The maximum Gasteiger partial charge on any atom is 0.200 e. The number of fused-ring (bicyclic) bond motifs is 2. The molecule has 0 saturated heterocycles. The van der Waals surface area contributed by atoms with Crippen molar-refractivity contribution >= 4 is 21.9 Å². The van der Waals surface area contributed by atoms with E-state index in [0.29, 0.717) is 21.9 Å². The molecule has 0 fully saturated rings. The zero-order valence-electron chi connectivity index (χ0n) is 17.5. The van der Waals surface area contributed by atoms with E-state index in [1.54, 1.807) is 30.9 Å². The van der Waals surface area contributed by atoms with Crippen LogP contribution in [0.4, 0.5) is 0 Å². The summed E-state index contributed by atoms with van der Waals surface area (Å²) < 4.78 is 6.08. The number of aromatic nitrogens is 3. The SMILES string of the molecule is O=c1c2ccccc2oc2cc(-c3cc(-c4cccnc4)nc(-c4cccnc4)c3)ccc12. The van der Waals surface area contributed by atoms with Crippen molar-refractivity contribution in [3.8, 4) is 33.6 Å². The van der Waals surface area contributed by atoms with E-state index in [4.69, 9.17) is 9.40 Å². The highest BCUT2D eigenvalue weighted by Gasteiger charge is 2.12. The quantitative estimate of drug-likeness (QED) is 0.318. The zero-order chi connectivity index (χ0) is 22.2. The molecule has 33 heavy (non-hydrogen) atoms. The van der Waals surface area contributed by atoms with Gasteiger partial charge in [-0.1, -0.05) is 18.2 Å². The number of hydrogen-bond acceptors (Lipinski definition) is 5. The fourth-order valence-electron chi connectivity index (χ4n) is 4.00. The van der Waals surface area contributed by atoms with Crippen molar-refractivity contribution in [1.82, 2.24) is 15.0 Å². The molecule has 0 N–H and O–H groups in total. The third-order valence-corrected chi connectivity index (χ3v) is 5.65. The normalized spacial score (nSPS) is 11.2. The lowest BCUT2D eigenvalue weighted by atomic mass is 9.99. The smallest absolute Gasteiger partial charge is 0.200 e. The van der Waals surface area contributed by atoms with Crippen LogP contribution < -0.4 is 5.43 Å². The zero-order valence-corrected chi connectivity index (χ0v) is 17.5. The minimum Gasteiger partial charge on any atom is -0.456 e. The number of benzene rings is 2. The van der Waals surface area contributed by atoms with Gasteiger partial charge in [-0.25, -0.2) is 4.98 Å². The lowest BCUT2D eigenvalue weighted by Gasteiger charge is -2.10. The lowest BCUT2D eigenvalue weighted by Crippen LogP contribution is -2.01. The molecule has 0 atom stereocenters. The molecule has 5 nitrogen and oxygen atoms in total. The van der Waals surface area contributed by atoms with E-state index in [-0.39, 0.29) is 5.43 Å². The molecule has 156 valence electrons. The van der Waals surface area contributed by atoms with Crippen LogP contribution in [-0.4, -0.2) is 15.0 Å². The van der Waals surface area contributed by atoms with Gasteiger partial charge in [-0.05, 0) is 71.8 Å². The average Bonchev–Trinajstić information content (AvgIpc) is 2.89. The van der Waals surface area contributed by atoms with Gasteiger partial charge in [-0.15, -0.1) is 0 Å². The molecule has 2 aromatic carbocycles. The van der Waals surface area contributed by atoms with Crippen molar-refractivity contribution in [3.63, 3.8) is 0 Å². The molecular weight excluding hydrogens is 410 g/mol. The van der Waals surface area contributed by atoms with Crippen LogP contribution in [0.2, 0.25) is 0 Å². The fourth-order valence-corrected chi connectivity index (χ4v) is 4.00. The maximum absolute atomic E-state index is 12.9. The molecule has 5 heteroatoms. The highest BCUT2D eigenvalue weighted by Crippen LogP contribution is 2.31. The first-order valence-corrected chi connectivity index (χ1v) is 10.6. The van der Waals surface area contributed by atoms with Crippen molar-refractivity contribution in [3.05, 3.63) is 114 Å². The predicted molar refractivity (Wildman–Crippen MR) is 130 cm³/mol. The van der Waals surface area contributed by atoms with Gasteiger partial charge < -0.3 is 4.42 Å². The third kappa shape index (κ3) is 3.46. The molecule has 6 rings (SSSR count). The average molecular weight is 427 g/mol. The summed E-state index contributed by atoms with van der Waals surface area (Å²) in [7, 11) is 0. The second-order valence-electron chi connectivity index (χ2n) is 7.75. The Morgan fingerprint density at radius 3 is 1.91 bits per heavy atom. The molecule has 6 aromatic rings. The summed E-state index contributed by atoms with van der Waals surface area (Å²) >= 11 is 0. The Morgan fingerprint density at radius 1 is 0.576 bits per heavy atom. The summed E-state index contributed by atoms with van der Waals surface area (Å²) in [5, 5.41) is 1.14. The Bertz CT molecular complexity index is 1620. The standard InChI is InChI=1S/C28H17N3O2/c32-28-22-7-1-2-8-26(22)33-27-15-18(9-10-23(27)28)21-13-24(19-5-3-11-29-16-19)31-25(14-21)20-6-4-12-30-17-20/h1-17H. The van der Waals surface area contributed by atoms with Crippen LogP contribution in [0.1, 0.15) is 0 Å². The number of hydrogen-bond donors (Lipinski definition) is 0. The minimum atomic E-state index is -0.0276. The monoisotopic (exact) mass is 427 g/mol. The molecule has 4 heterocycles. The summed E-state index contributed by atoms with van der Waals surface area (Å²) in [6.07, 6.45) is 7.07. The molecule has 0 aliphatic heterocycles. The van der Waals surface area contributed by atoms with Gasteiger partial charge in [0.1, 0.15) is 11.2 Å². The second kappa shape index (κ2) is 7.80. The molecule has 0 unspecified atom stereocenters. The minimum absolute atomic E-state index is 0.0276. The van der Waals surface area contributed by atoms with Crippen LogP contribution in [0.15, 0.2) is 113 Å². The van der Waals surface area contributed by atoms with Gasteiger partial charge in [0.05, 0.1) is 22.2 Å². The first kappa shape index (κ1) is 19.1. The Morgan fingerprint density at radius 2 is 1.24 bits per heavy atom. The summed E-state index contributed by atoms with van der Waals surface area (Å²) in [5.74, 6) is 0. The largest absolute Gasteiger partial charge is 0.456 e. The number of nitrogens with zero attached hydrogens (tertiary/aromatic N) is 3. The summed E-state index contributed by atoms with van der Waals surface area (Å²) in [6.45, 7) is 0. The van der Waals surface area contributed by atoms with Crippen molar-refractivity contribution < 1.29 is 4.42 Å². The molecule has 0 amide bonds. The highest BCUT2D eigenvalue weighted by molar-refractivity contribution is 5.92. The van der Waals surface area contributed by atoms with Crippen LogP contribution in [0.5, 0.6) is 0 Å². The van der Waals surface area contributed by atoms with Crippen LogP contribution >= 0.6 is 0 Å². The molecule has 4 aromatic heterocycles. The third-order valence-electron chi connectivity index (χ3n) is 5.65. The van der Waals surface area contributed by atoms with Gasteiger partial charge >= 0.3 is 0 Å². The summed E-state index contributed by atoms with van der Waals surface area (Å²) in [5.41, 5.74) is 6.44. The Labute approximate surface area is 189 Å². The number of para-hydroxylation sites is 1. The Kier molecular flexibility index (Phi) is 4.51. The lowest BCUT2D eigenvalue weighted by molar-refractivity contribution is 0.660.